The molecule has 0 saturated carbocycles. The van der Waals surface area contributed by atoms with E-state index in [0.717, 1.165) is 10.0 Å². The quantitative estimate of drug-likeness (QED) is 0.788. The van der Waals surface area contributed by atoms with Crippen molar-refractivity contribution in [3.8, 4) is 0 Å². The Morgan fingerprint density at radius 3 is 2.30 bits per heavy atom. The van der Waals surface area contributed by atoms with Crippen LogP contribution < -0.4 is 0 Å². The average molecular weight is 341 g/mol. The first kappa shape index (κ1) is 14.8. The molecule has 1 saturated heterocycles. The zero-order valence-electron chi connectivity index (χ0n) is 11.6. The number of amides is 2. The van der Waals surface area contributed by atoms with Gasteiger partial charge in [0.25, 0.3) is 5.91 Å². The summed E-state index contributed by atoms with van der Waals surface area (Å²) in [6.07, 6.45) is -0.336. The largest absolute Gasteiger partial charge is 0.453 e. The molecule has 2 amide bonds. The van der Waals surface area contributed by atoms with Crippen LogP contribution in [0, 0.1) is 6.92 Å². The number of nitrogens with zero attached hydrogens (tertiary/aromatic N) is 2. The van der Waals surface area contributed by atoms with Gasteiger partial charge in [-0.15, -0.1) is 0 Å². The summed E-state index contributed by atoms with van der Waals surface area (Å²) in [6, 6.07) is 5.57. The van der Waals surface area contributed by atoms with Crippen molar-refractivity contribution in [1.82, 2.24) is 9.80 Å². The molecular weight excluding hydrogens is 324 g/mol. The van der Waals surface area contributed by atoms with Gasteiger partial charge in [0.1, 0.15) is 0 Å². The van der Waals surface area contributed by atoms with Crippen LogP contribution in [0.25, 0.3) is 0 Å². The van der Waals surface area contributed by atoms with Gasteiger partial charge in [-0.05, 0) is 30.7 Å². The van der Waals surface area contributed by atoms with Crippen molar-refractivity contribution in [1.29, 1.82) is 0 Å². The Morgan fingerprint density at radius 2 is 1.75 bits per heavy atom. The summed E-state index contributed by atoms with van der Waals surface area (Å²) in [5.74, 6) is 0.00474. The van der Waals surface area contributed by atoms with Gasteiger partial charge in [-0.3, -0.25) is 4.79 Å². The Labute approximate surface area is 126 Å². The number of carbonyl (C=O) groups is 2. The van der Waals surface area contributed by atoms with Gasteiger partial charge in [-0.2, -0.15) is 0 Å². The van der Waals surface area contributed by atoms with Crippen LogP contribution in [0.2, 0.25) is 0 Å². The fourth-order valence-corrected chi connectivity index (χ4v) is 2.43. The van der Waals surface area contributed by atoms with Gasteiger partial charge >= 0.3 is 6.09 Å². The van der Waals surface area contributed by atoms with Gasteiger partial charge in [0, 0.05) is 36.2 Å². The van der Waals surface area contributed by atoms with Crippen molar-refractivity contribution < 1.29 is 14.3 Å². The zero-order valence-corrected chi connectivity index (χ0v) is 13.1. The summed E-state index contributed by atoms with van der Waals surface area (Å²) >= 11 is 3.42. The lowest BCUT2D eigenvalue weighted by Crippen LogP contribution is -2.50. The molecule has 1 aliphatic heterocycles. The molecule has 0 bridgehead atoms. The maximum absolute atomic E-state index is 12.4. The van der Waals surface area contributed by atoms with Crippen LogP contribution in [0.3, 0.4) is 0 Å². The second-order valence-electron chi connectivity index (χ2n) is 4.71. The Bertz CT molecular complexity index is 525. The summed E-state index contributed by atoms with van der Waals surface area (Å²) in [7, 11) is 1.37. The van der Waals surface area contributed by atoms with Gasteiger partial charge in [0.15, 0.2) is 0 Å². The number of hydrogen-bond acceptors (Lipinski definition) is 3. The lowest BCUT2D eigenvalue weighted by Gasteiger charge is -2.33. The van der Waals surface area contributed by atoms with Crippen molar-refractivity contribution >= 4 is 27.9 Å². The molecule has 6 heteroatoms. The average Bonchev–Trinajstić information content (AvgIpc) is 2.48. The molecule has 5 nitrogen and oxygen atoms in total. The van der Waals surface area contributed by atoms with Gasteiger partial charge in [-0.1, -0.05) is 15.9 Å². The number of halogens is 1. The molecule has 0 spiro atoms. The normalized spacial score (nSPS) is 15.2. The van der Waals surface area contributed by atoms with E-state index in [1.807, 2.05) is 25.1 Å². The molecule has 2 rings (SSSR count). The molecular formula is C14H17BrN2O3. The standard InChI is InChI=1S/C14H17BrN2O3/c1-10-9-11(3-4-12(10)15)13(18)16-5-7-17(8-6-16)14(19)20-2/h3-4,9H,5-8H2,1-2H3. The van der Waals surface area contributed by atoms with Crippen LogP contribution in [-0.4, -0.2) is 55.1 Å². The third-order valence-corrected chi connectivity index (χ3v) is 4.29. The SMILES string of the molecule is COC(=O)N1CCN(C(=O)c2ccc(Br)c(C)c2)CC1. The minimum Gasteiger partial charge on any atom is -0.453 e. The highest BCUT2D eigenvalue weighted by Crippen LogP contribution is 2.18. The van der Waals surface area contributed by atoms with Crippen molar-refractivity contribution in [3.63, 3.8) is 0 Å². The number of hydrogen-bond donors (Lipinski definition) is 0. The van der Waals surface area contributed by atoms with Crippen LogP contribution in [0.15, 0.2) is 22.7 Å². The number of rotatable bonds is 1. The fourth-order valence-electron chi connectivity index (χ4n) is 2.18. The number of benzene rings is 1. The summed E-state index contributed by atoms with van der Waals surface area (Å²) in [5, 5.41) is 0. The van der Waals surface area contributed by atoms with Crippen molar-refractivity contribution in [3.05, 3.63) is 33.8 Å². The first-order valence-electron chi connectivity index (χ1n) is 6.41. The van der Waals surface area contributed by atoms with E-state index in [4.69, 9.17) is 0 Å². The molecule has 0 aromatic heterocycles. The van der Waals surface area contributed by atoms with Crippen molar-refractivity contribution in [2.75, 3.05) is 33.3 Å². The molecule has 0 atom stereocenters. The molecule has 0 N–H and O–H groups in total. The molecule has 0 radical (unpaired) electrons. The van der Waals surface area contributed by atoms with E-state index in [1.165, 1.54) is 7.11 Å². The summed E-state index contributed by atoms with van der Waals surface area (Å²) in [6.45, 7) is 4.03. The Morgan fingerprint density at radius 1 is 1.15 bits per heavy atom. The molecule has 1 fully saturated rings. The van der Waals surface area contributed by atoms with Crippen LogP contribution in [0.5, 0.6) is 0 Å². The van der Waals surface area contributed by atoms with E-state index in [-0.39, 0.29) is 12.0 Å². The minimum atomic E-state index is -0.336. The van der Waals surface area contributed by atoms with Gasteiger partial charge in [0.05, 0.1) is 7.11 Å². The van der Waals surface area contributed by atoms with Crippen LogP contribution >= 0.6 is 15.9 Å². The van der Waals surface area contributed by atoms with Gasteiger partial charge in [0.2, 0.25) is 0 Å². The van der Waals surface area contributed by atoms with E-state index in [1.54, 1.807) is 9.80 Å². The molecule has 20 heavy (non-hydrogen) atoms. The highest BCUT2D eigenvalue weighted by Gasteiger charge is 2.25. The van der Waals surface area contributed by atoms with Gasteiger partial charge in [-0.25, -0.2) is 4.79 Å². The van der Waals surface area contributed by atoms with E-state index in [2.05, 4.69) is 20.7 Å². The number of methoxy groups -OCH3 is 1. The zero-order chi connectivity index (χ0) is 14.7. The Balaban J connectivity index is 2.01. The predicted molar refractivity (Wildman–Crippen MR) is 78.8 cm³/mol. The molecule has 0 aliphatic carbocycles. The molecule has 1 aliphatic rings. The molecule has 0 unspecified atom stereocenters. The smallest absolute Gasteiger partial charge is 0.409 e. The fraction of sp³-hybridized carbons (Fsp3) is 0.429. The maximum Gasteiger partial charge on any atom is 0.409 e. The van der Waals surface area contributed by atoms with E-state index in [9.17, 15) is 9.59 Å². The number of ether oxygens (including phenoxy) is 1. The monoisotopic (exact) mass is 340 g/mol. The Hall–Kier alpha value is -1.56. The maximum atomic E-state index is 12.4. The third kappa shape index (κ3) is 3.12. The first-order chi connectivity index (χ1) is 9.52. The lowest BCUT2D eigenvalue weighted by atomic mass is 10.1. The Kier molecular flexibility index (Phi) is 4.65. The predicted octanol–water partition coefficient (Wildman–Crippen LogP) is 2.28. The van der Waals surface area contributed by atoms with Crippen molar-refractivity contribution in [2.45, 2.75) is 6.92 Å². The van der Waals surface area contributed by atoms with Gasteiger partial charge < -0.3 is 14.5 Å². The third-order valence-electron chi connectivity index (χ3n) is 3.40. The van der Waals surface area contributed by atoms with E-state index in [0.29, 0.717) is 31.7 Å². The van der Waals surface area contributed by atoms with Crippen LogP contribution in [0.4, 0.5) is 4.79 Å². The van der Waals surface area contributed by atoms with Crippen LogP contribution in [0.1, 0.15) is 15.9 Å². The van der Waals surface area contributed by atoms with E-state index < -0.39 is 0 Å². The first-order valence-corrected chi connectivity index (χ1v) is 7.20. The number of piperazine rings is 1. The topological polar surface area (TPSA) is 49.9 Å². The second kappa shape index (κ2) is 6.26. The highest BCUT2D eigenvalue weighted by molar-refractivity contribution is 9.10. The molecule has 108 valence electrons. The van der Waals surface area contributed by atoms with E-state index >= 15 is 0 Å². The van der Waals surface area contributed by atoms with Crippen LogP contribution in [-0.2, 0) is 4.74 Å². The second-order valence-corrected chi connectivity index (χ2v) is 5.57. The number of aryl methyl sites for hydroxylation is 1. The molecule has 1 aromatic carbocycles. The number of carbonyl (C=O) groups excluding carboxylic acids is 2. The lowest BCUT2D eigenvalue weighted by molar-refractivity contribution is 0.0599. The summed E-state index contributed by atoms with van der Waals surface area (Å²) < 4.78 is 5.67. The molecule has 1 aromatic rings. The summed E-state index contributed by atoms with van der Waals surface area (Å²) in [4.78, 5) is 27.1. The highest BCUT2D eigenvalue weighted by atomic mass is 79.9. The minimum absolute atomic E-state index is 0.00474. The molecule has 1 heterocycles. The van der Waals surface area contributed by atoms with Crippen molar-refractivity contribution in [2.24, 2.45) is 0 Å². The summed E-state index contributed by atoms with van der Waals surface area (Å²) in [5.41, 5.74) is 1.71.